The molecule has 0 saturated heterocycles. The second kappa shape index (κ2) is 6.65. The minimum atomic E-state index is -0.594. The second-order valence-electron chi connectivity index (χ2n) is 3.70. The number of amides is 2. The summed E-state index contributed by atoms with van der Waals surface area (Å²) in [7, 11) is 0. The molecule has 1 aromatic rings. The van der Waals surface area contributed by atoms with Crippen molar-refractivity contribution in [1.29, 1.82) is 0 Å². The predicted molar refractivity (Wildman–Crippen MR) is 63.5 cm³/mol. The van der Waals surface area contributed by atoms with E-state index in [2.05, 4.69) is 10.6 Å². The molecule has 0 saturated carbocycles. The van der Waals surface area contributed by atoms with Crippen molar-refractivity contribution in [3.63, 3.8) is 0 Å². The monoisotopic (exact) mass is 236 g/mol. The summed E-state index contributed by atoms with van der Waals surface area (Å²) in [6, 6.07) is 8.66. The van der Waals surface area contributed by atoms with Crippen LogP contribution in [0, 0.1) is 0 Å². The van der Waals surface area contributed by atoms with Crippen LogP contribution in [0.15, 0.2) is 30.3 Å². The molecule has 2 amide bonds. The number of aliphatic hydroxyl groups excluding tert-OH is 1. The lowest BCUT2D eigenvalue weighted by atomic mass is 10.2. The highest BCUT2D eigenvalue weighted by Crippen LogP contribution is 1.97. The van der Waals surface area contributed by atoms with E-state index in [0.717, 1.165) is 0 Å². The second-order valence-corrected chi connectivity index (χ2v) is 3.70. The van der Waals surface area contributed by atoms with E-state index in [-0.39, 0.29) is 24.9 Å². The lowest BCUT2D eigenvalue weighted by Gasteiger charge is -2.08. The third-order valence-corrected chi connectivity index (χ3v) is 2.04. The highest BCUT2D eigenvalue weighted by molar-refractivity contribution is 5.96. The number of nitrogens with one attached hydrogen (secondary N) is 2. The van der Waals surface area contributed by atoms with Crippen LogP contribution < -0.4 is 10.6 Å². The van der Waals surface area contributed by atoms with Gasteiger partial charge in [0.05, 0.1) is 12.6 Å². The minimum Gasteiger partial charge on any atom is -0.392 e. The zero-order valence-electron chi connectivity index (χ0n) is 9.64. The molecule has 1 aromatic carbocycles. The Bertz CT molecular complexity index is 377. The smallest absolute Gasteiger partial charge is 0.251 e. The Morgan fingerprint density at radius 2 is 1.88 bits per heavy atom. The Hall–Kier alpha value is -1.88. The summed E-state index contributed by atoms with van der Waals surface area (Å²) in [5, 5.41) is 13.9. The van der Waals surface area contributed by atoms with Gasteiger partial charge in [-0.05, 0) is 19.1 Å². The molecule has 0 bridgehead atoms. The fourth-order valence-electron chi connectivity index (χ4n) is 1.18. The molecule has 0 fully saturated rings. The fraction of sp³-hybridized carbons (Fsp3) is 0.333. The number of carbonyl (C=O) groups is 2. The molecular formula is C12H16N2O3. The van der Waals surface area contributed by atoms with Gasteiger partial charge in [0.1, 0.15) is 0 Å². The average molecular weight is 236 g/mol. The van der Waals surface area contributed by atoms with Gasteiger partial charge in [-0.2, -0.15) is 0 Å². The van der Waals surface area contributed by atoms with E-state index in [0.29, 0.717) is 5.56 Å². The third-order valence-electron chi connectivity index (χ3n) is 2.04. The highest BCUT2D eigenvalue weighted by Gasteiger charge is 2.07. The SMILES string of the molecule is CC(O)CNC(=O)CNC(=O)c1ccccc1. The number of benzene rings is 1. The highest BCUT2D eigenvalue weighted by atomic mass is 16.3. The van der Waals surface area contributed by atoms with Crippen molar-refractivity contribution < 1.29 is 14.7 Å². The molecule has 92 valence electrons. The molecule has 5 heteroatoms. The molecule has 1 unspecified atom stereocenters. The quantitative estimate of drug-likeness (QED) is 0.668. The molecule has 0 heterocycles. The van der Waals surface area contributed by atoms with E-state index in [4.69, 9.17) is 5.11 Å². The van der Waals surface area contributed by atoms with Crippen molar-refractivity contribution >= 4 is 11.8 Å². The van der Waals surface area contributed by atoms with Crippen LogP contribution >= 0.6 is 0 Å². The zero-order chi connectivity index (χ0) is 12.7. The summed E-state index contributed by atoms with van der Waals surface area (Å²) in [5.41, 5.74) is 0.510. The van der Waals surface area contributed by atoms with Gasteiger partial charge in [-0.15, -0.1) is 0 Å². The molecule has 3 N–H and O–H groups in total. The van der Waals surface area contributed by atoms with E-state index < -0.39 is 6.10 Å². The molecule has 0 aliphatic heterocycles. The van der Waals surface area contributed by atoms with Crippen LogP contribution in [0.3, 0.4) is 0 Å². The summed E-state index contributed by atoms with van der Waals surface area (Å²) < 4.78 is 0. The van der Waals surface area contributed by atoms with Gasteiger partial charge >= 0.3 is 0 Å². The minimum absolute atomic E-state index is 0.0968. The zero-order valence-corrected chi connectivity index (χ0v) is 9.64. The first kappa shape index (κ1) is 13.2. The fourth-order valence-corrected chi connectivity index (χ4v) is 1.18. The van der Waals surface area contributed by atoms with Crippen LogP contribution in [-0.4, -0.2) is 36.1 Å². The van der Waals surface area contributed by atoms with Gasteiger partial charge in [-0.1, -0.05) is 18.2 Å². The van der Waals surface area contributed by atoms with Crippen molar-refractivity contribution in [3.05, 3.63) is 35.9 Å². The average Bonchev–Trinajstić information content (AvgIpc) is 2.34. The van der Waals surface area contributed by atoms with Gasteiger partial charge in [0.2, 0.25) is 5.91 Å². The molecule has 1 rings (SSSR count). The summed E-state index contributed by atoms with van der Waals surface area (Å²) >= 11 is 0. The number of hydrogen-bond donors (Lipinski definition) is 3. The van der Waals surface area contributed by atoms with E-state index in [1.54, 1.807) is 31.2 Å². The van der Waals surface area contributed by atoms with E-state index in [1.807, 2.05) is 6.07 Å². The van der Waals surface area contributed by atoms with Crippen molar-refractivity contribution in [3.8, 4) is 0 Å². The first-order valence-corrected chi connectivity index (χ1v) is 5.37. The van der Waals surface area contributed by atoms with E-state index >= 15 is 0 Å². The molecule has 0 aromatic heterocycles. The number of rotatable bonds is 5. The summed E-state index contributed by atoms with van der Waals surface area (Å²) in [5.74, 6) is -0.618. The van der Waals surface area contributed by atoms with Crippen LogP contribution in [0.5, 0.6) is 0 Å². The molecule has 5 nitrogen and oxygen atoms in total. The van der Waals surface area contributed by atoms with E-state index in [9.17, 15) is 9.59 Å². The standard InChI is InChI=1S/C12H16N2O3/c1-9(15)7-13-11(16)8-14-12(17)10-5-3-2-4-6-10/h2-6,9,15H,7-8H2,1H3,(H,13,16)(H,14,17). The van der Waals surface area contributed by atoms with Crippen LogP contribution in [-0.2, 0) is 4.79 Å². The lowest BCUT2D eigenvalue weighted by Crippen LogP contribution is -2.39. The number of carbonyl (C=O) groups excluding carboxylic acids is 2. The summed E-state index contributed by atoms with van der Waals surface area (Å²) in [6.07, 6.45) is -0.594. The first-order valence-electron chi connectivity index (χ1n) is 5.37. The van der Waals surface area contributed by atoms with Crippen LogP contribution in [0.25, 0.3) is 0 Å². The molecule has 0 aliphatic rings. The van der Waals surface area contributed by atoms with Gasteiger partial charge in [-0.3, -0.25) is 9.59 Å². The van der Waals surface area contributed by atoms with Gasteiger partial charge < -0.3 is 15.7 Å². The lowest BCUT2D eigenvalue weighted by molar-refractivity contribution is -0.120. The van der Waals surface area contributed by atoms with Crippen molar-refractivity contribution in [2.24, 2.45) is 0 Å². The largest absolute Gasteiger partial charge is 0.392 e. The van der Waals surface area contributed by atoms with Crippen LogP contribution in [0.1, 0.15) is 17.3 Å². The topological polar surface area (TPSA) is 78.4 Å². The Morgan fingerprint density at radius 3 is 2.47 bits per heavy atom. The van der Waals surface area contributed by atoms with Crippen LogP contribution in [0.4, 0.5) is 0 Å². The van der Waals surface area contributed by atoms with Crippen molar-refractivity contribution in [2.75, 3.05) is 13.1 Å². The maximum Gasteiger partial charge on any atom is 0.251 e. The summed E-state index contributed by atoms with van der Waals surface area (Å²) in [4.78, 5) is 22.8. The molecular weight excluding hydrogens is 220 g/mol. The number of hydrogen-bond acceptors (Lipinski definition) is 3. The molecule has 17 heavy (non-hydrogen) atoms. The van der Waals surface area contributed by atoms with Crippen LogP contribution in [0.2, 0.25) is 0 Å². The molecule has 0 aliphatic carbocycles. The number of aliphatic hydroxyl groups is 1. The summed E-state index contributed by atoms with van der Waals surface area (Å²) in [6.45, 7) is 1.66. The normalized spacial score (nSPS) is 11.6. The van der Waals surface area contributed by atoms with Crippen molar-refractivity contribution in [1.82, 2.24) is 10.6 Å². The Balaban J connectivity index is 2.31. The van der Waals surface area contributed by atoms with Crippen molar-refractivity contribution in [2.45, 2.75) is 13.0 Å². The predicted octanol–water partition coefficient (Wildman–Crippen LogP) is -0.0866. The first-order chi connectivity index (χ1) is 8.09. The maximum absolute atomic E-state index is 11.5. The van der Waals surface area contributed by atoms with E-state index in [1.165, 1.54) is 0 Å². The Labute approximate surface area is 99.8 Å². The molecule has 0 spiro atoms. The molecule has 1 atom stereocenters. The van der Waals surface area contributed by atoms with Gasteiger partial charge in [0.25, 0.3) is 5.91 Å². The van der Waals surface area contributed by atoms with Gasteiger partial charge in [0, 0.05) is 12.1 Å². The maximum atomic E-state index is 11.5. The Kier molecular flexibility index (Phi) is 5.16. The van der Waals surface area contributed by atoms with Gasteiger partial charge in [-0.25, -0.2) is 0 Å². The third kappa shape index (κ3) is 5.12. The Morgan fingerprint density at radius 1 is 1.24 bits per heavy atom. The molecule has 0 radical (unpaired) electrons. The van der Waals surface area contributed by atoms with Gasteiger partial charge in [0.15, 0.2) is 0 Å².